The summed E-state index contributed by atoms with van der Waals surface area (Å²) >= 11 is 0. The van der Waals surface area contributed by atoms with Gasteiger partial charge in [-0.1, -0.05) is 30.3 Å². The van der Waals surface area contributed by atoms with Gasteiger partial charge in [-0.3, -0.25) is 4.99 Å². The fourth-order valence-electron chi connectivity index (χ4n) is 2.31. The Labute approximate surface area is 161 Å². The first kappa shape index (κ1) is 21.7. The van der Waals surface area contributed by atoms with Gasteiger partial charge in [0.25, 0.3) is 0 Å². The van der Waals surface area contributed by atoms with E-state index >= 15 is 0 Å². The zero-order chi connectivity index (χ0) is 20.6. The van der Waals surface area contributed by atoms with Gasteiger partial charge in [0.05, 0.1) is 10.5 Å². The molecule has 0 amide bonds. The molecule has 6 nitrogen and oxygen atoms in total. The zero-order valence-electron chi connectivity index (χ0n) is 15.1. The van der Waals surface area contributed by atoms with Crippen LogP contribution in [0.25, 0.3) is 0 Å². The number of nitrogens with zero attached hydrogens (tertiary/aromatic N) is 1. The van der Waals surface area contributed by atoms with Crippen LogP contribution in [0, 0.1) is 0 Å². The molecule has 0 atom stereocenters. The SMILES string of the molecule is CN=C(NCCNS(=O)(=O)c1ccccc1)NCc1cccc(C(F)(F)F)c1. The predicted molar refractivity (Wildman–Crippen MR) is 101 cm³/mol. The third kappa shape index (κ3) is 6.54. The predicted octanol–water partition coefficient (Wildman–Crippen LogP) is 2.35. The van der Waals surface area contributed by atoms with Crippen molar-refractivity contribution in [2.45, 2.75) is 17.6 Å². The molecule has 0 aliphatic carbocycles. The van der Waals surface area contributed by atoms with E-state index in [4.69, 9.17) is 0 Å². The van der Waals surface area contributed by atoms with Crippen molar-refractivity contribution in [2.75, 3.05) is 20.1 Å². The van der Waals surface area contributed by atoms with E-state index in [0.717, 1.165) is 12.1 Å². The van der Waals surface area contributed by atoms with Crippen LogP contribution in [0.4, 0.5) is 13.2 Å². The average molecular weight is 414 g/mol. The number of alkyl halides is 3. The van der Waals surface area contributed by atoms with E-state index in [0.29, 0.717) is 11.5 Å². The lowest BCUT2D eigenvalue weighted by molar-refractivity contribution is -0.137. The summed E-state index contributed by atoms with van der Waals surface area (Å²) in [6, 6.07) is 13.0. The highest BCUT2D eigenvalue weighted by molar-refractivity contribution is 7.89. The highest BCUT2D eigenvalue weighted by Crippen LogP contribution is 2.29. The largest absolute Gasteiger partial charge is 0.416 e. The Morgan fingerprint density at radius 3 is 2.36 bits per heavy atom. The monoisotopic (exact) mass is 414 g/mol. The Balaban J connectivity index is 1.81. The fraction of sp³-hybridized carbons (Fsp3) is 0.278. The van der Waals surface area contributed by atoms with E-state index in [9.17, 15) is 21.6 Å². The molecule has 10 heteroatoms. The van der Waals surface area contributed by atoms with Gasteiger partial charge in [0.1, 0.15) is 0 Å². The van der Waals surface area contributed by atoms with Crippen LogP contribution in [0.5, 0.6) is 0 Å². The molecule has 0 spiro atoms. The molecule has 2 rings (SSSR count). The van der Waals surface area contributed by atoms with Gasteiger partial charge >= 0.3 is 6.18 Å². The van der Waals surface area contributed by atoms with Crippen LogP contribution in [0.15, 0.2) is 64.5 Å². The van der Waals surface area contributed by atoms with Crippen molar-refractivity contribution in [3.05, 3.63) is 65.7 Å². The second kappa shape index (κ2) is 9.56. The first-order valence-electron chi connectivity index (χ1n) is 8.38. The van der Waals surface area contributed by atoms with E-state index in [1.165, 1.54) is 25.2 Å². The number of hydrogen-bond acceptors (Lipinski definition) is 3. The van der Waals surface area contributed by atoms with Crippen LogP contribution in [0.2, 0.25) is 0 Å². The van der Waals surface area contributed by atoms with Gasteiger partial charge in [-0.2, -0.15) is 13.2 Å². The van der Waals surface area contributed by atoms with Crippen molar-refractivity contribution in [3.8, 4) is 0 Å². The Hall–Kier alpha value is -2.59. The number of halogens is 3. The molecule has 152 valence electrons. The Kier molecular flexibility index (Phi) is 7.41. The maximum atomic E-state index is 12.7. The molecule has 0 unspecified atom stereocenters. The quantitative estimate of drug-likeness (QED) is 0.369. The summed E-state index contributed by atoms with van der Waals surface area (Å²) in [6.45, 7) is 0.495. The first-order chi connectivity index (χ1) is 13.2. The number of benzene rings is 2. The molecular formula is C18H21F3N4O2S. The van der Waals surface area contributed by atoms with Crippen LogP contribution in [0.3, 0.4) is 0 Å². The molecule has 0 bridgehead atoms. The normalized spacial score (nSPS) is 12.6. The van der Waals surface area contributed by atoms with Gasteiger partial charge in [-0.15, -0.1) is 0 Å². The Morgan fingerprint density at radius 2 is 1.71 bits per heavy atom. The zero-order valence-corrected chi connectivity index (χ0v) is 15.9. The Morgan fingerprint density at radius 1 is 1.00 bits per heavy atom. The standard InChI is InChI=1S/C18H21F3N4O2S/c1-22-17(24-13-14-6-5-7-15(12-14)18(19,20)21)23-10-11-25-28(26,27)16-8-3-2-4-9-16/h2-9,12,25H,10-11,13H2,1H3,(H2,22,23,24). The van der Waals surface area contributed by atoms with Crippen molar-refractivity contribution >= 4 is 16.0 Å². The molecule has 0 fully saturated rings. The highest BCUT2D eigenvalue weighted by atomic mass is 32.2. The van der Waals surface area contributed by atoms with Crippen LogP contribution in [0.1, 0.15) is 11.1 Å². The van der Waals surface area contributed by atoms with Gasteiger partial charge in [0, 0.05) is 26.7 Å². The maximum absolute atomic E-state index is 12.7. The lowest BCUT2D eigenvalue weighted by Crippen LogP contribution is -2.41. The minimum atomic E-state index is -4.40. The second-order valence-electron chi connectivity index (χ2n) is 5.76. The second-order valence-corrected chi connectivity index (χ2v) is 7.53. The molecule has 28 heavy (non-hydrogen) atoms. The van der Waals surface area contributed by atoms with Crippen LogP contribution >= 0.6 is 0 Å². The van der Waals surface area contributed by atoms with E-state index in [1.54, 1.807) is 24.3 Å². The smallest absolute Gasteiger partial charge is 0.355 e. The Bertz CT molecular complexity index is 901. The molecule has 0 radical (unpaired) electrons. The number of aliphatic imine (C=N–C) groups is 1. The summed E-state index contributed by atoms with van der Waals surface area (Å²) in [5, 5.41) is 5.79. The van der Waals surface area contributed by atoms with Gasteiger partial charge < -0.3 is 10.6 Å². The van der Waals surface area contributed by atoms with Gasteiger partial charge in [-0.05, 0) is 29.8 Å². The van der Waals surface area contributed by atoms with Crippen molar-refractivity contribution in [1.82, 2.24) is 15.4 Å². The lowest BCUT2D eigenvalue weighted by Gasteiger charge is -2.13. The number of sulfonamides is 1. The number of hydrogen-bond donors (Lipinski definition) is 3. The fourth-order valence-corrected chi connectivity index (χ4v) is 3.37. The average Bonchev–Trinajstić information content (AvgIpc) is 2.67. The van der Waals surface area contributed by atoms with Crippen LogP contribution in [-0.4, -0.2) is 34.5 Å². The van der Waals surface area contributed by atoms with Crippen molar-refractivity contribution < 1.29 is 21.6 Å². The third-order valence-corrected chi connectivity index (χ3v) is 5.18. The van der Waals surface area contributed by atoms with Gasteiger partial charge in [-0.25, -0.2) is 13.1 Å². The minimum Gasteiger partial charge on any atom is -0.355 e. The molecule has 0 aliphatic heterocycles. The molecule has 0 saturated heterocycles. The molecular weight excluding hydrogens is 393 g/mol. The summed E-state index contributed by atoms with van der Waals surface area (Å²) in [7, 11) is -2.09. The molecule has 2 aromatic carbocycles. The first-order valence-corrected chi connectivity index (χ1v) is 9.86. The van der Waals surface area contributed by atoms with E-state index in [-0.39, 0.29) is 24.5 Å². The van der Waals surface area contributed by atoms with Crippen molar-refractivity contribution in [3.63, 3.8) is 0 Å². The van der Waals surface area contributed by atoms with Crippen LogP contribution in [-0.2, 0) is 22.7 Å². The molecule has 0 heterocycles. The third-order valence-electron chi connectivity index (χ3n) is 3.70. The lowest BCUT2D eigenvalue weighted by atomic mass is 10.1. The summed E-state index contributed by atoms with van der Waals surface area (Å²) in [5.74, 6) is 0.344. The molecule has 2 aromatic rings. The molecule has 0 aromatic heterocycles. The molecule has 0 saturated carbocycles. The van der Waals surface area contributed by atoms with E-state index in [1.807, 2.05) is 0 Å². The van der Waals surface area contributed by atoms with Crippen LogP contribution < -0.4 is 15.4 Å². The number of nitrogens with one attached hydrogen (secondary N) is 3. The molecule has 0 aliphatic rings. The summed E-state index contributed by atoms with van der Waals surface area (Å²) in [4.78, 5) is 4.13. The highest BCUT2D eigenvalue weighted by Gasteiger charge is 2.30. The van der Waals surface area contributed by atoms with Crippen molar-refractivity contribution in [2.24, 2.45) is 4.99 Å². The van der Waals surface area contributed by atoms with Gasteiger partial charge in [0.2, 0.25) is 10.0 Å². The van der Waals surface area contributed by atoms with E-state index in [2.05, 4.69) is 20.3 Å². The number of guanidine groups is 1. The van der Waals surface area contributed by atoms with Crippen molar-refractivity contribution in [1.29, 1.82) is 0 Å². The summed E-state index contributed by atoms with van der Waals surface area (Å²) in [5.41, 5.74) is -0.271. The van der Waals surface area contributed by atoms with Gasteiger partial charge in [0.15, 0.2) is 5.96 Å². The topological polar surface area (TPSA) is 82.6 Å². The maximum Gasteiger partial charge on any atom is 0.416 e. The molecule has 3 N–H and O–H groups in total. The van der Waals surface area contributed by atoms with E-state index < -0.39 is 21.8 Å². The minimum absolute atomic E-state index is 0.113. The summed E-state index contributed by atoms with van der Waals surface area (Å²) in [6.07, 6.45) is -4.40. The number of rotatable bonds is 7. The summed E-state index contributed by atoms with van der Waals surface area (Å²) < 4.78 is 64.9.